The summed E-state index contributed by atoms with van der Waals surface area (Å²) in [5.74, 6) is 1.79. The fourth-order valence-electron chi connectivity index (χ4n) is 4.51. The first-order valence-electron chi connectivity index (χ1n) is 11.2. The average Bonchev–Trinajstić information content (AvgIpc) is 3.58. The predicted octanol–water partition coefficient (Wildman–Crippen LogP) is 2.56. The maximum Gasteiger partial charge on any atom is 0.251 e. The first-order valence-corrected chi connectivity index (χ1v) is 11.2. The Bertz CT molecular complexity index is 1220. The Labute approximate surface area is 196 Å². The molecule has 34 heavy (non-hydrogen) atoms. The third-order valence-electron chi connectivity index (χ3n) is 6.32. The maximum absolute atomic E-state index is 12.6. The summed E-state index contributed by atoms with van der Waals surface area (Å²) < 4.78 is 22.9. The Morgan fingerprint density at radius 2 is 1.71 bits per heavy atom. The number of aromatic nitrogens is 2. The molecule has 4 atom stereocenters. The van der Waals surface area contributed by atoms with Crippen LogP contribution >= 0.6 is 0 Å². The Balaban J connectivity index is 1.12. The average molecular weight is 460 g/mol. The highest BCUT2D eigenvalue weighted by Gasteiger charge is 2.48. The Morgan fingerprint density at radius 3 is 2.56 bits per heavy atom. The first-order chi connectivity index (χ1) is 16.6. The highest BCUT2D eigenvalue weighted by molar-refractivity contribution is 5.94. The summed E-state index contributed by atoms with van der Waals surface area (Å²) in [6, 6.07) is 14.7. The lowest BCUT2D eigenvalue weighted by Crippen LogP contribution is -2.44. The van der Waals surface area contributed by atoms with Crippen LogP contribution in [0.1, 0.15) is 15.9 Å². The molecule has 0 saturated carbocycles. The van der Waals surface area contributed by atoms with Gasteiger partial charge in [-0.25, -0.2) is 9.97 Å². The van der Waals surface area contributed by atoms with Crippen LogP contribution < -0.4 is 20.1 Å². The van der Waals surface area contributed by atoms with Gasteiger partial charge in [-0.3, -0.25) is 4.79 Å². The van der Waals surface area contributed by atoms with Gasteiger partial charge in [-0.1, -0.05) is 17.7 Å². The van der Waals surface area contributed by atoms with Crippen molar-refractivity contribution in [3.63, 3.8) is 0 Å². The number of fused-ring (bicyclic) bond motifs is 2. The minimum absolute atomic E-state index is 0.127. The van der Waals surface area contributed by atoms with E-state index < -0.39 is 0 Å². The second-order valence-electron chi connectivity index (χ2n) is 8.63. The summed E-state index contributed by atoms with van der Waals surface area (Å²) in [5, 5.41) is 6.40. The minimum Gasteiger partial charge on any atom is -0.454 e. The van der Waals surface area contributed by atoms with Crippen LogP contribution in [0, 0.1) is 6.92 Å². The number of nitrogens with zero attached hydrogens (tertiary/aromatic N) is 2. The molecule has 0 radical (unpaired) electrons. The molecule has 4 heterocycles. The molecule has 0 aliphatic carbocycles. The van der Waals surface area contributed by atoms with Crippen molar-refractivity contribution in [3.8, 4) is 22.8 Å². The second kappa shape index (κ2) is 8.58. The van der Waals surface area contributed by atoms with Gasteiger partial charge in [0.15, 0.2) is 11.5 Å². The van der Waals surface area contributed by atoms with Crippen molar-refractivity contribution in [2.45, 2.75) is 31.2 Å². The van der Waals surface area contributed by atoms with Gasteiger partial charge in [0.1, 0.15) is 12.2 Å². The topological polar surface area (TPSA) is 104 Å². The van der Waals surface area contributed by atoms with Crippen LogP contribution in [0.25, 0.3) is 11.3 Å². The van der Waals surface area contributed by atoms with Crippen molar-refractivity contribution in [1.29, 1.82) is 0 Å². The first kappa shape index (κ1) is 20.9. The molecule has 0 spiro atoms. The molecule has 2 N–H and O–H groups in total. The van der Waals surface area contributed by atoms with Crippen molar-refractivity contribution < 1.29 is 23.7 Å². The third kappa shape index (κ3) is 3.93. The summed E-state index contributed by atoms with van der Waals surface area (Å²) in [5.41, 5.74) is 3.40. The summed E-state index contributed by atoms with van der Waals surface area (Å²) >= 11 is 0. The molecule has 3 aliphatic rings. The maximum atomic E-state index is 12.6. The number of aryl methyl sites for hydroxylation is 1. The van der Waals surface area contributed by atoms with Gasteiger partial charge >= 0.3 is 0 Å². The number of anilines is 1. The van der Waals surface area contributed by atoms with E-state index in [-0.39, 0.29) is 37.0 Å². The highest BCUT2D eigenvalue weighted by Crippen LogP contribution is 2.35. The van der Waals surface area contributed by atoms with E-state index in [0.29, 0.717) is 30.5 Å². The van der Waals surface area contributed by atoms with E-state index in [0.717, 1.165) is 22.6 Å². The van der Waals surface area contributed by atoms with E-state index in [1.165, 1.54) is 0 Å². The molecule has 174 valence electrons. The van der Waals surface area contributed by atoms with Gasteiger partial charge in [0.25, 0.3) is 5.91 Å². The van der Waals surface area contributed by atoms with Crippen molar-refractivity contribution in [3.05, 3.63) is 65.9 Å². The molecule has 4 unspecified atom stereocenters. The standard InChI is InChI=1S/C25H24N4O5/c1-14-2-4-15(5-3-14)24(30)27-18-11-31-23-19(12-32-22(18)23)29-25-26-9-8-17(28-25)16-6-7-20-21(10-16)34-13-33-20/h2-10,18-19,22-23H,11-13H2,1H3,(H,27,30)(H,26,28,29). The zero-order valence-electron chi connectivity index (χ0n) is 18.6. The van der Waals surface area contributed by atoms with Gasteiger partial charge < -0.3 is 29.6 Å². The highest BCUT2D eigenvalue weighted by atomic mass is 16.7. The number of hydrogen-bond donors (Lipinski definition) is 2. The van der Waals surface area contributed by atoms with Crippen LogP contribution in [0.3, 0.4) is 0 Å². The molecule has 3 aliphatic heterocycles. The lowest BCUT2D eigenvalue weighted by molar-refractivity contribution is 0.0652. The molecule has 0 bridgehead atoms. The summed E-state index contributed by atoms with van der Waals surface area (Å²) in [4.78, 5) is 21.7. The van der Waals surface area contributed by atoms with Crippen LogP contribution in [0.2, 0.25) is 0 Å². The number of benzene rings is 2. The third-order valence-corrected chi connectivity index (χ3v) is 6.32. The lowest BCUT2D eigenvalue weighted by Gasteiger charge is -2.18. The number of nitrogens with one attached hydrogen (secondary N) is 2. The van der Waals surface area contributed by atoms with E-state index >= 15 is 0 Å². The van der Waals surface area contributed by atoms with Gasteiger partial charge in [0.05, 0.1) is 31.0 Å². The molecular weight excluding hydrogens is 436 g/mol. The van der Waals surface area contributed by atoms with Gasteiger partial charge in [0, 0.05) is 17.3 Å². The molecule has 6 rings (SSSR count). The fraction of sp³-hybridized carbons (Fsp3) is 0.320. The van der Waals surface area contributed by atoms with Crippen molar-refractivity contribution in [2.75, 3.05) is 25.3 Å². The number of hydrogen-bond acceptors (Lipinski definition) is 8. The van der Waals surface area contributed by atoms with Crippen LogP contribution in [0.5, 0.6) is 11.5 Å². The number of ether oxygens (including phenoxy) is 4. The normalized spacial score (nSPS) is 24.6. The molecule has 3 aromatic rings. The Hall–Kier alpha value is -3.69. The summed E-state index contributed by atoms with van der Waals surface area (Å²) in [7, 11) is 0. The van der Waals surface area contributed by atoms with E-state index in [1.54, 1.807) is 6.20 Å². The van der Waals surface area contributed by atoms with Gasteiger partial charge in [-0.05, 0) is 43.3 Å². The van der Waals surface area contributed by atoms with Crippen molar-refractivity contribution in [2.24, 2.45) is 0 Å². The van der Waals surface area contributed by atoms with Crippen LogP contribution in [-0.4, -0.2) is 60.2 Å². The van der Waals surface area contributed by atoms with Crippen LogP contribution in [-0.2, 0) is 9.47 Å². The zero-order chi connectivity index (χ0) is 23.1. The number of amides is 1. The molecule has 2 saturated heterocycles. The van der Waals surface area contributed by atoms with Crippen LogP contribution in [0.15, 0.2) is 54.7 Å². The Kier molecular flexibility index (Phi) is 5.27. The molecule has 2 aromatic carbocycles. The van der Waals surface area contributed by atoms with Crippen LogP contribution in [0.4, 0.5) is 5.95 Å². The summed E-state index contributed by atoms with van der Waals surface area (Å²) in [6.07, 6.45) is 1.27. The SMILES string of the molecule is Cc1ccc(C(=O)NC2COC3C(Nc4nccc(-c5ccc6c(c5)OCO6)n4)COC23)cc1. The number of rotatable bonds is 5. The van der Waals surface area contributed by atoms with Crippen molar-refractivity contribution >= 4 is 11.9 Å². The molecule has 2 fully saturated rings. The predicted molar refractivity (Wildman–Crippen MR) is 123 cm³/mol. The largest absolute Gasteiger partial charge is 0.454 e. The minimum atomic E-state index is -0.232. The van der Waals surface area contributed by atoms with E-state index in [9.17, 15) is 4.79 Å². The van der Waals surface area contributed by atoms with Crippen molar-refractivity contribution in [1.82, 2.24) is 15.3 Å². The molecule has 9 heteroatoms. The van der Waals surface area contributed by atoms with Gasteiger partial charge in [0.2, 0.25) is 12.7 Å². The summed E-state index contributed by atoms with van der Waals surface area (Å²) in [6.45, 7) is 3.05. The molecular formula is C25H24N4O5. The smallest absolute Gasteiger partial charge is 0.251 e. The lowest BCUT2D eigenvalue weighted by atomic mass is 10.1. The van der Waals surface area contributed by atoms with Gasteiger partial charge in [-0.15, -0.1) is 0 Å². The van der Waals surface area contributed by atoms with E-state index in [1.807, 2.05) is 55.5 Å². The second-order valence-corrected chi connectivity index (χ2v) is 8.63. The van der Waals surface area contributed by atoms with E-state index in [4.69, 9.17) is 18.9 Å². The number of carbonyl (C=O) groups is 1. The fourth-order valence-corrected chi connectivity index (χ4v) is 4.51. The number of carbonyl (C=O) groups excluding carboxylic acids is 1. The zero-order valence-corrected chi connectivity index (χ0v) is 18.6. The quantitative estimate of drug-likeness (QED) is 0.599. The molecule has 1 amide bonds. The van der Waals surface area contributed by atoms with Gasteiger partial charge in [-0.2, -0.15) is 0 Å². The van der Waals surface area contributed by atoms with E-state index in [2.05, 4.69) is 20.6 Å². The molecule has 9 nitrogen and oxygen atoms in total. The monoisotopic (exact) mass is 460 g/mol. The Morgan fingerprint density at radius 1 is 0.941 bits per heavy atom. The molecule has 1 aromatic heterocycles.